The fourth-order valence-electron chi connectivity index (χ4n) is 5.74. The van der Waals surface area contributed by atoms with Gasteiger partial charge in [0.1, 0.15) is 0 Å². The van der Waals surface area contributed by atoms with Crippen molar-refractivity contribution in [3.8, 4) is 22.5 Å². The molecule has 3 heteroatoms. The Bertz CT molecular complexity index is 1380. The second-order valence-corrected chi connectivity index (χ2v) is 20.4. The average molecular weight is 495 g/mol. The first-order valence-electron chi connectivity index (χ1n) is 12.1. The topological polar surface area (TPSA) is 25.8 Å². The molecule has 0 N–H and O–H groups in total. The molecule has 0 unspecified atom stereocenters. The van der Waals surface area contributed by atoms with Crippen LogP contribution in [-0.4, -0.2) is 23.2 Å². The van der Waals surface area contributed by atoms with Crippen LogP contribution in [0.5, 0.6) is 0 Å². The van der Waals surface area contributed by atoms with Gasteiger partial charge in [-0.1, -0.05) is 0 Å². The number of rotatable bonds is 3. The van der Waals surface area contributed by atoms with Gasteiger partial charge in [0.25, 0.3) is 0 Å². The molecule has 3 aromatic carbocycles. The summed E-state index contributed by atoms with van der Waals surface area (Å²) in [6.45, 7) is 11.5. The summed E-state index contributed by atoms with van der Waals surface area (Å²) >= 11 is -2.61. The monoisotopic (exact) mass is 496 g/mol. The van der Waals surface area contributed by atoms with Crippen LogP contribution in [-0.2, 0) is 11.8 Å². The summed E-state index contributed by atoms with van der Waals surface area (Å²) in [5.74, 6) is 5.71. The second-order valence-electron chi connectivity index (χ2n) is 11.5. The van der Waals surface area contributed by atoms with E-state index in [2.05, 4.69) is 101 Å². The molecule has 0 aliphatic carbocycles. The van der Waals surface area contributed by atoms with Crippen molar-refractivity contribution >= 4 is 32.8 Å². The van der Waals surface area contributed by atoms with Gasteiger partial charge >= 0.3 is 201 Å². The Balaban J connectivity index is 1.79. The summed E-state index contributed by atoms with van der Waals surface area (Å²) in [7, 11) is 0. The molecule has 1 aliphatic heterocycles. The Morgan fingerprint density at radius 3 is 2.30 bits per heavy atom. The molecule has 0 spiro atoms. The molecule has 4 aromatic rings. The standard InChI is InChI=1S/C30H34GeN2/c1-19(2)15-21-12-10-14-24-26(21)31(6,7)27-28(32-18-33-29(24)27)22-16-20-11-8-9-13-23(20)25(17-22)30(3,4)5/h8-14,16-19H,15H2,1-7H3. The van der Waals surface area contributed by atoms with Crippen LogP contribution >= 0.6 is 0 Å². The van der Waals surface area contributed by atoms with Gasteiger partial charge in [-0.15, -0.1) is 0 Å². The van der Waals surface area contributed by atoms with Crippen LogP contribution in [0.3, 0.4) is 0 Å². The molecule has 0 fully saturated rings. The van der Waals surface area contributed by atoms with Crippen LogP contribution in [0.1, 0.15) is 45.7 Å². The van der Waals surface area contributed by atoms with Crippen LogP contribution in [0.2, 0.25) is 11.5 Å². The minimum atomic E-state index is -2.61. The van der Waals surface area contributed by atoms with Gasteiger partial charge in [-0.3, -0.25) is 0 Å². The van der Waals surface area contributed by atoms with Crippen molar-refractivity contribution < 1.29 is 0 Å². The average Bonchev–Trinajstić information content (AvgIpc) is 3.00. The zero-order valence-corrected chi connectivity index (χ0v) is 23.1. The SMILES string of the molecule is CC(C)Cc1cccc2[c]1[Ge]([CH3])([CH3])[c]1c(-c3cc(C(C)(C)C)c4ccccc4c3)ncnc1-2. The van der Waals surface area contributed by atoms with Crippen LogP contribution in [0.15, 0.2) is 60.9 Å². The van der Waals surface area contributed by atoms with Crippen LogP contribution in [0.4, 0.5) is 0 Å². The van der Waals surface area contributed by atoms with Gasteiger partial charge in [0.05, 0.1) is 0 Å². The quantitative estimate of drug-likeness (QED) is 0.300. The zero-order chi connectivity index (χ0) is 23.5. The molecule has 1 aromatic heterocycles. The number of benzene rings is 3. The van der Waals surface area contributed by atoms with Gasteiger partial charge in [-0.25, -0.2) is 0 Å². The molecule has 0 atom stereocenters. The first kappa shape index (κ1) is 22.3. The van der Waals surface area contributed by atoms with E-state index in [1.807, 2.05) is 0 Å². The Kier molecular flexibility index (Phi) is 5.28. The predicted molar refractivity (Wildman–Crippen MR) is 144 cm³/mol. The molecule has 1 aliphatic rings. The normalized spacial score (nSPS) is 14.5. The minimum absolute atomic E-state index is 0.0517. The summed E-state index contributed by atoms with van der Waals surface area (Å²) in [5.41, 5.74) is 7.86. The van der Waals surface area contributed by atoms with E-state index in [0.29, 0.717) is 5.92 Å². The van der Waals surface area contributed by atoms with E-state index >= 15 is 0 Å². The first-order chi connectivity index (χ1) is 15.6. The second kappa shape index (κ2) is 7.80. The van der Waals surface area contributed by atoms with Crippen LogP contribution in [0, 0.1) is 5.92 Å². The van der Waals surface area contributed by atoms with E-state index in [-0.39, 0.29) is 5.41 Å². The predicted octanol–water partition coefficient (Wildman–Crippen LogP) is 6.60. The van der Waals surface area contributed by atoms with Crippen molar-refractivity contribution in [2.24, 2.45) is 5.92 Å². The maximum absolute atomic E-state index is 4.96. The molecule has 0 amide bonds. The van der Waals surface area contributed by atoms with E-state index < -0.39 is 13.3 Å². The molecule has 0 saturated carbocycles. The molecular weight excluding hydrogens is 461 g/mol. The summed E-state index contributed by atoms with van der Waals surface area (Å²) in [4.78, 5) is 9.83. The van der Waals surface area contributed by atoms with Crippen molar-refractivity contribution in [2.75, 3.05) is 0 Å². The van der Waals surface area contributed by atoms with Crippen molar-refractivity contribution in [3.63, 3.8) is 0 Å². The van der Waals surface area contributed by atoms with E-state index in [0.717, 1.165) is 12.1 Å². The van der Waals surface area contributed by atoms with Crippen LogP contribution < -0.4 is 8.79 Å². The van der Waals surface area contributed by atoms with E-state index in [1.165, 1.54) is 43.1 Å². The summed E-state index contributed by atoms with van der Waals surface area (Å²) in [6.07, 6.45) is 2.90. The van der Waals surface area contributed by atoms with Gasteiger partial charge in [-0.05, 0) is 0 Å². The Labute approximate surface area is 200 Å². The zero-order valence-electron chi connectivity index (χ0n) is 21.0. The van der Waals surface area contributed by atoms with E-state index in [9.17, 15) is 0 Å². The molecular formula is C30H34GeN2. The molecule has 168 valence electrons. The molecule has 0 radical (unpaired) electrons. The third kappa shape index (κ3) is 3.63. The van der Waals surface area contributed by atoms with Gasteiger partial charge in [-0.2, -0.15) is 0 Å². The number of hydrogen-bond donors (Lipinski definition) is 0. The molecule has 0 saturated heterocycles. The molecule has 2 nitrogen and oxygen atoms in total. The Morgan fingerprint density at radius 2 is 1.58 bits per heavy atom. The van der Waals surface area contributed by atoms with Crippen molar-refractivity contribution in [2.45, 2.75) is 58.0 Å². The maximum atomic E-state index is 4.96. The number of aromatic nitrogens is 2. The molecule has 2 heterocycles. The van der Waals surface area contributed by atoms with Gasteiger partial charge < -0.3 is 0 Å². The van der Waals surface area contributed by atoms with Gasteiger partial charge in [0, 0.05) is 0 Å². The van der Waals surface area contributed by atoms with Crippen molar-refractivity contribution in [1.82, 2.24) is 9.97 Å². The number of hydrogen-bond acceptors (Lipinski definition) is 2. The Morgan fingerprint density at radius 1 is 0.848 bits per heavy atom. The fourth-order valence-corrected chi connectivity index (χ4v) is 13.5. The third-order valence-electron chi connectivity index (χ3n) is 7.07. The number of nitrogens with zero attached hydrogens (tertiary/aromatic N) is 2. The molecule has 0 bridgehead atoms. The summed E-state index contributed by atoms with van der Waals surface area (Å²) in [6, 6.07) is 20.3. The van der Waals surface area contributed by atoms with Crippen LogP contribution in [0.25, 0.3) is 33.3 Å². The van der Waals surface area contributed by atoms with E-state index in [1.54, 1.807) is 10.7 Å². The van der Waals surface area contributed by atoms with Crippen molar-refractivity contribution in [3.05, 3.63) is 72.1 Å². The molecule has 33 heavy (non-hydrogen) atoms. The first-order valence-corrected chi connectivity index (χ1v) is 18.4. The molecule has 5 rings (SSSR count). The summed E-state index contributed by atoms with van der Waals surface area (Å²) in [5, 5.41) is 2.62. The van der Waals surface area contributed by atoms with Gasteiger partial charge in [0.15, 0.2) is 0 Å². The summed E-state index contributed by atoms with van der Waals surface area (Å²) < 4.78 is 3.05. The van der Waals surface area contributed by atoms with E-state index in [4.69, 9.17) is 9.97 Å². The number of fused-ring (bicyclic) bond motifs is 4. The van der Waals surface area contributed by atoms with Gasteiger partial charge in [0.2, 0.25) is 0 Å². The van der Waals surface area contributed by atoms with Crippen molar-refractivity contribution in [1.29, 1.82) is 0 Å². The Hall–Kier alpha value is -2.46. The fraction of sp³-hybridized carbons (Fsp3) is 0.333. The third-order valence-corrected chi connectivity index (χ3v) is 14.6.